The molecule has 0 atom stereocenters. The van der Waals surface area contributed by atoms with E-state index < -0.39 is 10.0 Å². The molecule has 0 bridgehead atoms. The lowest BCUT2D eigenvalue weighted by Crippen LogP contribution is -2.23. The summed E-state index contributed by atoms with van der Waals surface area (Å²) in [5.74, 6) is 0. The smallest absolute Gasteiger partial charge is 0.241 e. The van der Waals surface area contributed by atoms with Gasteiger partial charge >= 0.3 is 0 Å². The molecular formula is C14H20N2O2S3. The highest BCUT2D eigenvalue weighted by Gasteiger charge is 2.16. The Labute approximate surface area is 134 Å². The quantitative estimate of drug-likeness (QED) is 0.811. The molecule has 0 amide bonds. The van der Waals surface area contributed by atoms with Crippen LogP contribution in [0.15, 0.2) is 27.1 Å². The Kier molecular flexibility index (Phi) is 5.56. The van der Waals surface area contributed by atoms with E-state index in [1.165, 1.54) is 11.3 Å². The van der Waals surface area contributed by atoms with E-state index in [1.54, 1.807) is 22.8 Å². The van der Waals surface area contributed by atoms with Crippen LogP contribution in [0.3, 0.4) is 0 Å². The molecule has 0 aliphatic carbocycles. The predicted molar refractivity (Wildman–Crippen MR) is 89.4 cm³/mol. The minimum Gasteiger partial charge on any atom is -0.310 e. The third-order valence-electron chi connectivity index (χ3n) is 3.04. The molecular weight excluding hydrogens is 324 g/mol. The predicted octanol–water partition coefficient (Wildman–Crippen LogP) is 3.09. The molecule has 0 aromatic carbocycles. The van der Waals surface area contributed by atoms with E-state index in [-0.39, 0.29) is 0 Å². The lowest BCUT2D eigenvalue weighted by Gasteiger charge is -2.06. The Hall–Kier alpha value is -0.730. The minimum absolute atomic E-state index is 0.340. The maximum Gasteiger partial charge on any atom is 0.241 e. The van der Waals surface area contributed by atoms with Gasteiger partial charge in [-0.25, -0.2) is 13.1 Å². The maximum atomic E-state index is 12.3. The van der Waals surface area contributed by atoms with Crippen molar-refractivity contribution in [3.05, 3.63) is 38.2 Å². The van der Waals surface area contributed by atoms with Crippen LogP contribution in [0.1, 0.15) is 29.9 Å². The number of rotatable bonds is 7. The number of hydrogen-bond acceptors (Lipinski definition) is 5. The first-order chi connectivity index (χ1) is 9.88. The first-order valence-corrected chi connectivity index (χ1v) is 10.0. The standard InChI is InChI=1S/C14H20N2O2S3/c1-10(2)15-6-13-4-14(9-20-13)21(17,18)16-5-12-8-19-7-11(12)3/h4,7-10,15-16H,5-6H2,1-3H3. The summed E-state index contributed by atoms with van der Waals surface area (Å²) in [7, 11) is -3.43. The van der Waals surface area contributed by atoms with E-state index in [1.807, 2.05) is 17.7 Å². The van der Waals surface area contributed by atoms with E-state index in [4.69, 9.17) is 0 Å². The van der Waals surface area contributed by atoms with Gasteiger partial charge in [0.25, 0.3) is 0 Å². The van der Waals surface area contributed by atoms with Gasteiger partial charge in [-0.15, -0.1) is 11.3 Å². The molecule has 4 nitrogen and oxygen atoms in total. The zero-order valence-electron chi connectivity index (χ0n) is 12.3. The zero-order valence-corrected chi connectivity index (χ0v) is 14.8. The largest absolute Gasteiger partial charge is 0.310 e. The molecule has 2 aromatic heterocycles. The van der Waals surface area contributed by atoms with Crippen molar-refractivity contribution in [1.29, 1.82) is 0 Å². The Morgan fingerprint density at radius 1 is 1.19 bits per heavy atom. The van der Waals surface area contributed by atoms with Gasteiger partial charge in [0.1, 0.15) is 0 Å². The summed E-state index contributed by atoms with van der Waals surface area (Å²) in [6.45, 7) is 7.15. The van der Waals surface area contributed by atoms with Crippen LogP contribution in [0.4, 0.5) is 0 Å². The molecule has 0 saturated carbocycles. The number of hydrogen-bond donors (Lipinski definition) is 2. The highest BCUT2D eigenvalue weighted by atomic mass is 32.2. The number of aryl methyl sites for hydroxylation is 1. The Morgan fingerprint density at radius 2 is 1.95 bits per heavy atom. The van der Waals surface area contributed by atoms with Gasteiger partial charge in [0.05, 0.1) is 4.90 Å². The van der Waals surface area contributed by atoms with E-state index in [0.717, 1.165) is 16.0 Å². The molecule has 21 heavy (non-hydrogen) atoms. The summed E-state index contributed by atoms with van der Waals surface area (Å²) in [6.07, 6.45) is 0. The maximum absolute atomic E-state index is 12.3. The average molecular weight is 345 g/mol. The fraction of sp³-hybridized carbons (Fsp3) is 0.429. The van der Waals surface area contributed by atoms with Crippen molar-refractivity contribution in [3.8, 4) is 0 Å². The van der Waals surface area contributed by atoms with E-state index in [9.17, 15) is 8.42 Å². The second-order valence-corrected chi connectivity index (χ2v) is 8.70. The van der Waals surface area contributed by atoms with Crippen molar-refractivity contribution in [2.24, 2.45) is 0 Å². The molecule has 2 heterocycles. The fourth-order valence-corrected chi connectivity index (χ4v) is 4.81. The molecule has 116 valence electrons. The van der Waals surface area contributed by atoms with E-state index in [0.29, 0.717) is 24.0 Å². The van der Waals surface area contributed by atoms with Crippen molar-refractivity contribution < 1.29 is 8.42 Å². The zero-order chi connectivity index (χ0) is 15.5. The minimum atomic E-state index is -3.43. The van der Waals surface area contributed by atoms with Crippen molar-refractivity contribution in [2.75, 3.05) is 0 Å². The van der Waals surface area contributed by atoms with Gasteiger partial charge in [-0.3, -0.25) is 0 Å². The first-order valence-electron chi connectivity index (χ1n) is 6.70. The van der Waals surface area contributed by atoms with Crippen LogP contribution >= 0.6 is 22.7 Å². The Balaban J connectivity index is 2.01. The molecule has 0 radical (unpaired) electrons. The van der Waals surface area contributed by atoms with Gasteiger partial charge in [0.2, 0.25) is 10.0 Å². The highest BCUT2D eigenvalue weighted by molar-refractivity contribution is 7.89. The van der Waals surface area contributed by atoms with Crippen LogP contribution in [-0.2, 0) is 23.1 Å². The van der Waals surface area contributed by atoms with Gasteiger partial charge in [-0.05, 0) is 34.9 Å². The van der Waals surface area contributed by atoms with Crippen LogP contribution in [0.25, 0.3) is 0 Å². The number of thiophene rings is 2. The molecule has 0 fully saturated rings. The Bertz CT molecular complexity index is 687. The lowest BCUT2D eigenvalue weighted by atomic mass is 10.2. The molecule has 0 aliphatic heterocycles. The van der Waals surface area contributed by atoms with Gasteiger partial charge in [-0.2, -0.15) is 11.3 Å². The fourth-order valence-electron chi connectivity index (χ4n) is 1.72. The van der Waals surface area contributed by atoms with Crippen molar-refractivity contribution in [2.45, 2.75) is 44.8 Å². The van der Waals surface area contributed by atoms with Gasteiger partial charge in [0, 0.05) is 29.4 Å². The first kappa shape index (κ1) is 16.6. The highest BCUT2D eigenvalue weighted by Crippen LogP contribution is 2.20. The van der Waals surface area contributed by atoms with Crippen molar-refractivity contribution in [3.63, 3.8) is 0 Å². The monoisotopic (exact) mass is 344 g/mol. The lowest BCUT2D eigenvalue weighted by molar-refractivity contribution is 0.581. The Morgan fingerprint density at radius 3 is 2.57 bits per heavy atom. The van der Waals surface area contributed by atoms with Crippen LogP contribution in [0.5, 0.6) is 0 Å². The van der Waals surface area contributed by atoms with Crippen LogP contribution in [-0.4, -0.2) is 14.5 Å². The van der Waals surface area contributed by atoms with Gasteiger partial charge < -0.3 is 5.32 Å². The third-order valence-corrected chi connectivity index (χ3v) is 6.42. The SMILES string of the molecule is Cc1cscc1CNS(=O)(=O)c1csc(CNC(C)C)c1. The molecule has 7 heteroatoms. The van der Waals surface area contributed by atoms with E-state index in [2.05, 4.69) is 23.9 Å². The van der Waals surface area contributed by atoms with Crippen LogP contribution < -0.4 is 10.0 Å². The summed E-state index contributed by atoms with van der Waals surface area (Å²) in [5, 5.41) is 8.97. The summed E-state index contributed by atoms with van der Waals surface area (Å²) in [5.41, 5.74) is 2.15. The summed E-state index contributed by atoms with van der Waals surface area (Å²) in [6, 6.07) is 2.12. The van der Waals surface area contributed by atoms with Crippen molar-refractivity contribution >= 4 is 32.7 Å². The van der Waals surface area contributed by atoms with Crippen LogP contribution in [0.2, 0.25) is 0 Å². The summed E-state index contributed by atoms with van der Waals surface area (Å²) in [4.78, 5) is 1.37. The average Bonchev–Trinajstić information content (AvgIpc) is 3.03. The molecule has 0 spiro atoms. The topological polar surface area (TPSA) is 58.2 Å². The van der Waals surface area contributed by atoms with Gasteiger partial charge in [-0.1, -0.05) is 13.8 Å². The molecule has 2 N–H and O–H groups in total. The van der Waals surface area contributed by atoms with Crippen LogP contribution in [0, 0.1) is 6.92 Å². The second kappa shape index (κ2) is 7.02. The van der Waals surface area contributed by atoms with Crippen molar-refractivity contribution in [1.82, 2.24) is 10.0 Å². The van der Waals surface area contributed by atoms with E-state index >= 15 is 0 Å². The molecule has 0 saturated heterocycles. The molecule has 2 aromatic rings. The van der Waals surface area contributed by atoms with Gasteiger partial charge in [0.15, 0.2) is 0 Å². The number of sulfonamides is 1. The third kappa shape index (κ3) is 4.62. The second-order valence-electron chi connectivity index (χ2n) is 5.19. The molecule has 2 rings (SSSR count). The normalized spacial score (nSPS) is 12.2. The summed E-state index contributed by atoms with van der Waals surface area (Å²) >= 11 is 3.05. The molecule has 0 aliphatic rings. The number of nitrogens with one attached hydrogen (secondary N) is 2. The molecule has 0 unspecified atom stereocenters. The summed E-state index contributed by atoms with van der Waals surface area (Å²) < 4.78 is 27.2.